The highest BCUT2D eigenvalue weighted by atomic mass is 32.1. The van der Waals surface area contributed by atoms with Gasteiger partial charge in [0.15, 0.2) is 5.13 Å². The van der Waals surface area contributed by atoms with E-state index in [9.17, 15) is 9.59 Å². The third kappa shape index (κ3) is 4.97. The zero-order valence-electron chi connectivity index (χ0n) is 15.5. The lowest BCUT2D eigenvalue weighted by molar-refractivity contribution is -0.133. The summed E-state index contributed by atoms with van der Waals surface area (Å²) in [5.41, 5.74) is 1.25. The molecule has 7 nitrogen and oxygen atoms in total. The van der Waals surface area contributed by atoms with E-state index in [1.165, 1.54) is 17.8 Å². The quantitative estimate of drug-likeness (QED) is 0.817. The van der Waals surface area contributed by atoms with Crippen LogP contribution in [-0.2, 0) is 11.2 Å². The molecule has 1 aromatic carbocycles. The molecule has 0 spiro atoms. The van der Waals surface area contributed by atoms with Crippen molar-refractivity contribution in [1.82, 2.24) is 9.88 Å². The number of rotatable bonds is 5. The summed E-state index contributed by atoms with van der Waals surface area (Å²) in [7, 11) is 1.55. The molecule has 3 rings (SSSR count). The Morgan fingerprint density at radius 2 is 2.11 bits per heavy atom. The number of carbonyl (C=O) groups excluding carboxylic acids is 2. The van der Waals surface area contributed by atoms with E-state index in [0.717, 1.165) is 19.4 Å². The molecule has 1 saturated heterocycles. The normalized spacial score (nSPS) is 16.7. The number of methoxy groups -OCH3 is 1. The Morgan fingerprint density at radius 1 is 1.30 bits per heavy atom. The van der Waals surface area contributed by atoms with Gasteiger partial charge in [0.2, 0.25) is 5.91 Å². The van der Waals surface area contributed by atoms with Crippen LogP contribution in [-0.4, -0.2) is 41.5 Å². The number of aromatic nitrogens is 1. The molecular weight excluding hydrogens is 364 g/mol. The minimum absolute atomic E-state index is 0.0949. The van der Waals surface area contributed by atoms with Crippen LogP contribution in [0.4, 0.5) is 15.6 Å². The highest BCUT2D eigenvalue weighted by Gasteiger charge is 2.23. The molecule has 2 N–H and O–H groups in total. The molecular formula is C19H24N4O3S. The van der Waals surface area contributed by atoms with E-state index in [4.69, 9.17) is 4.74 Å². The van der Waals surface area contributed by atoms with E-state index in [1.807, 2.05) is 22.4 Å². The number of hydrogen-bond donors (Lipinski definition) is 2. The molecule has 1 aromatic heterocycles. The van der Waals surface area contributed by atoms with E-state index in [-0.39, 0.29) is 18.4 Å². The Labute approximate surface area is 162 Å². The first-order valence-electron chi connectivity index (χ1n) is 9.01. The molecule has 0 saturated carbocycles. The monoisotopic (exact) mass is 388 g/mol. The predicted octanol–water partition coefficient (Wildman–Crippen LogP) is 3.74. The number of ether oxygens (including phenoxy) is 1. The summed E-state index contributed by atoms with van der Waals surface area (Å²) in [4.78, 5) is 31.0. The lowest BCUT2D eigenvalue weighted by atomic mass is 10.0. The summed E-state index contributed by atoms with van der Waals surface area (Å²) in [6, 6.07) is 7.04. The maximum absolute atomic E-state index is 12.5. The second kappa shape index (κ2) is 8.85. The summed E-state index contributed by atoms with van der Waals surface area (Å²) in [5.74, 6) is 0.672. The van der Waals surface area contributed by atoms with Crippen molar-refractivity contribution in [1.29, 1.82) is 0 Å². The van der Waals surface area contributed by atoms with E-state index < -0.39 is 6.03 Å². The lowest BCUT2D eigenvalue weighted by Gasteiger charge is -2.33. The fraction of sp³-hybridized carbons (Fsp3) is 0.421. The Hall–Kier alpha value is -2.61. The van der Waals surface area contributed by atoms with Gasteiger partial charge in [0, 0.05) is 18.0 Å². The average Bonchev–Trinajstić information content (AvgIpc) is 3.09. The van der Waals surface area contributed by atoms with Crippen molar-refractivity contribution < 1.29 is 14.3 Å². The van der Waals surface area contributed by atoms with Crippen LogP contribution >= 0.6 is 11.3 Å². The number of benzene rings is 1. The first-order chi connectivity index (χ1) is 13.1. The molecule has 0 bridgehead atoms. The number of hydrogen-bond acceptors (Lipinski definition) is 5. The molecule has 8 heteroatoms. The number of anilines is 2. The third-order valence-electron chi connectivity index (χ3n) is 4.58. The largest absolute Gasteiger partial charge is 0.495 e. The molecule has 1 fully saturated rings. The van der Waals surface area contributed by atoms with E-state index in [2.05, 4.69) is 22.5 Å². The van der Waals surface area contributed by atoms with Crippen LogP contribution in [0.5, 0.6) is 5.75 Å². The lowest BCUT2D eigenvalue weighted by Crippen LogP contribution is -2.42. The fourth-order valence-corrected chi connectivity index (χ4v) is 3.87. The van der Waals surface area contributed by atoms with E-state index in [1.54, 1.807) is 19.2 Å². The molecule has 1 unspecified atom stereocenters. The average molecular weight is 388 g/mol. The van der Waals surface area contributed by atoms with Gasteiger partial charge >= 0.3 is 6.03 Å². The number of thiazole rings is 1. The van der Waals surface area contributed by atoms with Gasteiger partial charge in [0.05, 0.1) is 24.9 Å². The van der Waals surface area contributed by atoms with Crippen LogP contribution in [0, 0.1) is 0 Å². The van der Waals surface area contributed by atoms with Crippen LogP contribution in [0.3, 0.4) is 0 Å². The minimum Gasteiger partial charge on any atom is -0.495 e. The van der Waals surface area contributed by atoms with Gasteiger partial charge in [-0.15, -0.1) is 11.3 Å². The zero-order chi connectivity index (χ0) is 19.2. The Morgan fingerprint density at radius 3 is 2.89 bits per heavy atom. The zero-order valence-corrected chi connectivity index (χ0v) is 16.3. The minimum atomic E-state index is -0.406. The smallest absolute Gasteiger partial charge is 0.325 e. The SMILES string of the molecule is COc1ccccc1NC(=O)Nc1nc(CC(=O)N2CCCCC2C)cs1. The number of urea groups is 1. The van der Waals surface area contributed by atoms with Gasteiger partial charge < -0.3 is 15.0 Å². The van der Waals surface area contributed by atoms with Gasteiger partial charge in [-0.3, -0.25) is 10.1 Å². The number of nitrogens with one attached hydrogen (secondary N) is 2. The molecule has 1 aliphatic rings. The highest BCUT2D eigenvalue weighted by molar-refractivity contribution is 7.14. The van der Waals surface area contributed by atoms with Crippen molar-refractivity contribution in [2.75, 3.05) is 24.3 Å². The van der Waals surface area contributed by atoms with Gasteiger partial charge in [-0.2, -0.15) is 0 Å². The van der Waals surface area contributed by atoms with Crippen LogP contribution in [0.1, 0.15) is 31.9 Å². The second-order valence-electron chi connectivity index (χ2n) is 6.53. The summed E-state index contributed by atoms with van der Waals surface area (Å²) in [6.45, 7) is 2.91. The van der Waals surface area contributed by atoms with Gasteiger partial charge in [-0.25, -0.2) is 9.78 Å². The van der Waals surface area contributed by atoms with Crippen molar-refractivity contribution in [3.05, 3.63) is 35.3 Å². The van der Waals surface area contributed by atoms with Crippen LogP contribution in [0.25, 0.3) is 0 Å². The van der Waals surface area contributed by atoms with Crippen molar-refractivity contribution >= 4 is 34.1 Å². The van der Waals surface area contributed by atoms with E-state index in [0.29, 0.717) is 22.3 Å². The Kier molecular flexibility index (Phi) is 6.28. The first kappa shape index (κ1) is 19.2. The standard InChI is InChI=1S/C19H24N4O3S/c1-13-7-5-6-10-23(13)17(24)11-14-12-27-19(20-14)22-18(25)21-15-8-3-4-9-16(15)26-2/h3-4,8-9,12-13H,5-7,10-11H2,1-2H3,(H2,20,21,22,25). The number of para-hydroxylation sites is 2. The van der Waals surface area contributed by atoms with Crippen LogP contribution in [0.2, 0.25) is 0 Å². The molecule has 144 valence electrons. The summed E-state index contributed by atoms with van der Waals surface area (Å²) >= 11 is 1.30. The molecule has 2 heterocycles. The maximum Gasteiger partial charge on any atom is 0.325 e. The van der Waals surface area contributed by atoms with Gasteiger partial charge in [0.25, 0.3) is 0 Å². The van der Waals surface area contributed by atoms with E-state index >= 15 is 0 Å². The Bertz CT molecular complexity index is 808. The second-order valence-corrected chi connectivity index (χ2v) is 7.39. The van der Waals surface area contributed by atoms with Crippen molar-refractivity contribution in [2.24, 2.45) is 0 Å². The first-order valence-corrected chi connectivity index (χ1v) is 9.89. The number of amides is 3. The van der Waals surface area contributed by atoms with Crippen molar-refractivity contribution in [2.45, 2.75) is 38.6 Å². The third-order valence-corrected chi connectivity index (χ3v) is 5.39. The Balaban J connectivity index is 1.56. The molecule has 0 aliphatic carbocycles. The number of piperidine rings is 1. The molecule has 3 amide bonds. The van der Waals surface area contributed by atoms with Gasteiger partial charge in [-0.05, 0) is 38.3 Å². The summed E-state index contributed by atoms with van der Waals surface area (Å²) in [5, 5.41) is 7.70. The van der Waals surface area contributed by atoms with Crippen molar-refractivity contribution in [3.8, 4) is 5.75 Å². The summed E-state index contributed by atoms with van der Waals surface area (Å²) < 4.78 is 5.21. The fourth-order valence-electron chi connectivity index (χ4n) is 3.17. The highest BCUT2D eigenvalue weighted by Crippen LogP contribution is 2.24. The molecule has 27 heavy (non-hydrogen) atoms. The number of nitrogens with zero attached hydrogens (tertiary/aromatic N) is 2. The number of likely N-dealkylation sites (tertiary alicyclic amines) is 1. The molecule has 1 atom stereocenters. The topological polar surface area (TPSA) is 83.6 Å². The molecule has 0 radical (unpaired) electrons. The van der Waals surface area contributed by atoms with Gasteiger partial charge in [-0.1, -0.05) is 12.1 Å². The van der Waals surface area contributed by atoms with Crippen LogP contribution < -0.4 is 15.4 Å². The van der Waals surface area contributed by atoms with Crippen LogP contribution in [0.15, 0.2) is 29.6 Å². The number of carbonyl (C=O) groups is 2. The van der Waals surface area contributed by atoms with Gasteiger partial charge in [0.1, 0.15) is 5.75 Å². The van der Waals surface area contributed by atoms with Crippen molar-refractivity contribution in [3.63, 3.8) is 0 Å². The molecule has 1 aliphatic heterocycles. The predicted molar refractivity (Wildman–Crippen MR) is 106 cm³/mol. The maximum atomic E-state index is 12.5. The summed E-state index contributed by atoms with van der Waals surface area (Å²) in [6.07, 6.45) is 3.55. The molecule has 2 aromatic rings.